The Morgan fingerprint density at radius 1 is 0.962 bits per heavy atom. The maximum Gasteiger partial charge on any atom is 0.227 e. The monoisotopic (exact) mass is 395 g/mol. The van der Waals surface area contributed by atoms with Crippen molar-refractivity contribution in [1.29, 1.82) is 0 Å². The standard InChI is InChI=1S/C20H25N3O.2ClH/c1-15-4-3-5-19(16(15)2)22-10-12-23(13-11-22)20(24)14-17-6-8-18(21)9-7-17;;/h3-9H,10-14,21H2,1-2H3;2*1H. The van der Waals surface area contributed by atoms with Crippen molar-refractivity contribution in [3.05, 3.63) is 59.2 Å². The molecule has 0 aromatic heterocycles. The van der Waals surface area contributed by atoms with Gasteiger partial charge in [-0.1, -0.05) is 24.3 Å². The van der Waals surface area contributed by atoms with Gasteiger partial charge in [-0.25, -0.2) is 0 Å². The van der Waals surface area contributed by atoms with Crippen LogP contribution >= 0.6 is 24.8 Å². The van der Waals surface area contributed by atoms with Crippen LogP contribution in [0.1, 0.15) is 16.7 Å². The second kappa shape index (κ2) is 9.70. The van der Waals surface area contributed by atoms with Crippen LogP contribution < -0.4 is 10.6 Å². The minimum Gasteiger partial charge on any atom is -0.399 e. The molecule has 2 N–H and O–H groups in total. The summed E-state index contributed by atoms with van der Waals surface area (Å²) in [6.07, 6.45) is 0.448. The third-order valence-electron chi connectivity index (χ3n) is 4.88. The van der Waals surface area contributed by atoms with E-state index in [4.69, 9.17) is 5.73 Å². The highest BCUT2D eigenvalue weighted by molar-refractivity contribution is 5.85. The van der Waals surface area contributed by atoms with Crippen molar-refractivity contribution in [2.24, 2.45) is 0 Å². The summed E-state index contributed by atoms with van der Waals surface area (Å²) in [5, 5.41) is 0. The van der Waals surface area contributed by atoms with E-state index in [1.165, 1.54) is 16.8 Å². The average molecular weight is 396 g/mol. The zero-order valence-electron chi connectivity index (χ0n) is 15.3. The Morgan fingerprint density at radius 3 is 2.19 bits per heavy atom. The number of hydrogen-bond donors (Lipinski definition) is 1. The van der Waals surface area contributed by atoms with E-state index in [0.29, 0.717) is 6.42 Å². The van der Waals surface area contributed by atoms with Gasteiger partial charge in [0, 0.05) is 37.6 Å². The van der Waals surface area contributed by atoms with Gasteiger partial charge >= 0.3 is 0 Å². The van der Waals surface area contributed by atoms with Gasteiger partial charge in [-0.2, -0.15) is 0 Å². The summed E-state index contributed by atoms with van der Waals surface area (Å²) in [6, 6.07) is 14.0. The highest BCUT2D eigenvalue weighted by Gasteiger charge is 2.22. The number of aryl methyl sites for hydroxylation is 1. The van der Waals surface area contributed by atoms with Crippen molar-refractivity contribution in [2.45, 2.75) is 20.3 Å². The molecule has 26 heavy (non-hydrogen) atoms. The number of carbonyl (C=O) groups excluding carboxylic acids is 1. The van der Waals surface area contributed by atoms with Crippen LogP contribution in [0.3, 0.4) is 0 Å². The molecule has 1 heterocycles. The van der Waals surface area contributed by atoms with Crippen LogP contribution in [0.25, 0.3) is 0 Å². The number of rotatable bonds is 3. The van der Waals surface area contributed by atoms with Gasteiger partial charge in [-0.3, -0.25) is 4.79 Å². The minimum absolute atomic E-state index is 0. The first-order chi connectivity index (χ1) is 11.5. The normalized spacial score (nSPS) is 13.6. The molecule has 3 rings (SSSR count). The Labute approximate surface area is 168 Å². The molecule has 0 bridgehead atoms. The fourth-order valence-electron chi connectivity index (χ4n) is 3.20. The third kappa shape index (κ3) is 5.05. The molecular weight excluding hydrogens is 369 g/mol. The zero-order chi connectivity index (χ0) is 17.1. The van der Waals surface area contributed by atoms with E-state index in [0.717, 1.165) is 37.4 Å². The van der Waals surface area contributed by atoms with Crippen LogP contribution in [0.15, 0.2) is 42.5 Å². The summed E-state index contributed by atoms with van der Waals surface area (Å²) in [4.78, 5) is 16.8. The number of nitrogens with zero attached hydrogens (tertiary/aromatic N) is 2. The topological polar surface area (TPSA) is 49.6 Å². The first-order valence-corrected chi connectivity index (χ1v) is 8.48. The van der Waals surface area contributed by atoms with E-state index >= 15 is 0 Å². The van der Waals surface area contributed by atoms with E-state index in [9.17, 15) is 4.79 Å². The second-order valence-electron chi connectivity index (χ2n) is 6.51. The number of benzene rings is 2. The Bertz CT molecular complexity index is 726. The van der Waals surface area contributed by atoms with Gasteiger partial charge in [0.1, 0.15) is 0 Å². The smallest absolute Gasteiger partial charge is 0.227 e. The summed E-state index contributed by atoms with van der Waals surface area (Å²) >= 11 is 0. The highest BCUT2D eigenvalue weighted by atomic mass is 35.5. The summed E-state index contributed by atoms with van der Waals surface area (Å²) < 4.78 is 0. The molecule has 0 atom stereocenters. The lowest BCUT2D eigenvalue weighted by molar-refractivity contribution is -0.130. The summed E-state index contributed by atoms with van der Waals surface area (Å²) in [5.41, 5.74) is 11.4. The lowest BCUT2D eigenvalue weighted by Gasteiger charge is -2.37. The van der Waals surface area contributed by atoms with Crippen LogP contribution in [0.4, 0.5) is 11.4 Å². The van der Waals surface area contributed by atoms with Crippen molar-refractivity contribution in [1.82, 2.24) is 4.90 Å². The van der Waals surface area contributed by atoms with Crippen LogP contribution in [0.5, 0.6) is 0 Å². The molecule has 6 heteroatoms. The average Bonchev–Trinajstić information content (AvgIpc) is 2.59. The van der Waals surface area contributed by atoms with Gasteiger partial charge in [0.2, 0.25) is 5.91 Å². The first-order valence-electron chi connectivity index (χ1n) is 8.48. The molecule has 1 saturated heterocycles. The molecule has 1 aliphatic rings. The van der Waals surface area contributed by atoms with Crippen molar-refractivity contribution in [2.75, 3.05) is 36.8 Å². The number of anilines is 2. The lowest BCUT2D eigenvalue weighted by atomic mass is 10.1. The third-order valence-corrected chi connectivity index (χ3v) is 4.88. The predicted octanol–water partition coefficient (Wildman–Crippen LogP) is 3.62. The molecule has 2 aromatic carbocycles. The number of nitrogen functional groups attached to an aromatic ring is 1. The van der Waals surface area contributed by atoms with Crippen LogP contribution in [-0.2, 0) is 11.2 Å². The van der Waals surface area contributed by atoms with Gasteiger partial charge < -0.3 is 15.5 Å². The van der Waals surface area contributed by atoms with Gasteiger partial charge in [0.25, 0.3) is 0 Å². The van der Waals surface area contributed by atoms with Crippen molar-refractivity contribution < 1.29 is 4.79 Å². The molecule has 1 amide bonds. The van der Waals surface area contributed by atoms with E-state index in [1.807, 2.05) is 29.2 Å². The van der Waals surface area contributed by atoms with E-state index in [-0.39, 0.29) is 30.7 Å². The largest absolute Gasteiger partial charge is 0.399 e. The molecular formula is C20H27Cl2N3O. The molecule has 1 aliphatic heterocycles. The van der Waals surface area contributed by atoms with Crippen LogP contribution in [0, 0.1) is 13.8 Å². The second-order valence-corrected chi connectivity index (χ2v) is 6.51. The van der Waals surface area contributed by atoms with Crippen molar-refractivity contribution in [3.8, 4) is 0 Å². The van der Waals surface area contributed by atoms with Crippen LogP contribution in [-0.4, -0.2) is 37.0 Å². The quantitative estimate of drug-likeness (QED) is 0.807. The lowest BCUT2D eigenvalue weighted by Crippen LogP contribution is -2.49. The molecule has 142 valence electrons. The predicted molar refractivity (Wildman–Crippen MR) is 114 cm³/mol. The Balaban J connectivity index is 0.00000169. The fraction of sp³-hybridized carbons (Fsp3) is 0.350. The molecule has 2 aromatic rings. The van der Waals surface area contributed by atoms with Gasteiger partial charge in [-0.15, -0.1) is 24.8 Å². The SMILES string of the molecule is Cc1cccc(N2CCN(C(=O)Cc3ccc(N)cc3)CC2)c1C.Cl.Cl. The number of amides is 1. The van der Waals surface area contributed by atoms with Gasteiger partial charge in [-0.05, 0) is 48.7 Å². The zero-order valence-corrected chi connectivity index (χ0v) is 16.9. The number of carbonyl (C=O) groups is 1. The number of piperazine rings is 1. The summed E-state index contributed by atoms with van der Waals surface area (Å²) in [6.45, 7) is 7.65. The maximum atomic E-state index is 12.5. The number of halogens is 2. The molecule has 1 fully saturated rings. The Hall–Kier alpha value is -1.91. The number of nitrogens with two attached hydrogens (primary N) is 1. The summed E-state index contributed by atoms with van der Waals surface area (Å²) in [5.74, 6) is 0.195. The minimum atomic E-state index is 0. The first kappa shape index (κ1) is 22.1. The molecule has 0 saturated carbocycles. The molecule has 0 aliphatic carbocycles. The highest BCUT2D eigenvalue weighted by Crippen LogP contribution is 2.24. The van der Waals surface area contributed by atoms with Crippen molar-refractivity contribution in [3.63, 3.8) is 0 Å². The van der Waals surface area contributed by atoms with Crippen molar-refractivity contribution >= 4 is 42.1 Å². The summed E-state index contributed by atoms with van der Waals surface area (Å²) in [7, 11) is 0. The molecule has 4 nitrogen and oxygen atoms in total. The Morgan fingerprint density at radius 2 is 1.58 bits per heavy atom. The fourth-order valence-corrected chi connectivity index (χ4v) is 3.20. The molecule has 0 radical (unpaired) electrons. The molecule has 0 spiro atoms. The van der Waals surface area contributed by atoms with Gasteiger partial charge in [0.15, 0.2) is 0 Å². The number of hydrogen-bond acceptors (Lipinski definition) is 3. The van der Waals surface area contributed by atoms with E-state index in [1.54, 1.807) is 0 Å². The maximum absolute atomic E-state index is 12.5. The molecule has 0 unspecified atom stereocenters. The van der Waals surface area contributed by atoms with Gasteiger partial charge in [0.05, 0.1) is 6.42 Å². The van der Waals surface area contributed by atoms with E-state index in [2.05, 4.69) is 36.9 Å². The van der Waals surface area contributed by atoms with Crippen LogP contribution in [0.2, 0.25) is 0 Å². The Kier molecular flexibility index (Phi) is 8.25. The van der Waals surface area contributed by atoms with E-state index < -0.39 is 0 Å².